The molecule has 0 aliphatic rings. The zero-order valence-corrected chi connectivity index (χ0v) is 12.5. The van der Waals surface area contributed by atoms with Gasteiger partial charge in [-0.1, -0.05) is 13.3 Å². The molecule has 0 fully saturated rings. The molecule has 0 spiro atoms. The Labute approximate surface area is 125 Å². The first kappa shape index (κ1) is 15.8. The van der Waals surface area contributed by atoms with Crippen molar-refractivity contribution in [3.63, 3.8) is 0 Å². The van der Waals surface area contributed by atoms with Gasteiger partial charge >= 0.3 is 11.7 Å². The van der Waals surface area contributed by atoms with Crippen LogP contribution < -0.4 is 16.6 Å². The molecule has 9 heteroatoms. The first-order valence-corrected chi connectivity index (χ1v) is 7.11. The summed E-state index contributed by atoms with van der Waals surface area (Å²) in [7, 11) is 1.42. The van der Waals surface area contributed by atoms with Crippen LogP contribution in [-0.2, 0) is 18.4 Å². The number of hydrogen-bond acceptors (Lipinski definition) is 5. The number of fused-ring (bicyclic) bond motifs is 1. The first-order valence-electron chi connectivity index (χ1n) is 7.11. The minimum Gasteiger partial charge on any atom is -0.481 e. The number of nitrogens with one attached hydrogen (secondary N) is 2. The van der Waals surface area contributed by atoms with E-state index in [1.54, 1.807) is 0 Å². The minimum atomic E-state index is -0.931. The second kappa shape index (κ2) is 6.46. The van der Waals surface area contributed by atoms with Crippen molar-refractivity contribution in [2.45, 2.75) is 32.7 Å². The molecule has 2 aromatic heterocycles. The van der Waals surface area contributed by atoms with Crippen molar-refractivity contribution in [2.75, 3.05) is 11.9 Å². The lowest BCUT2D eigenvalue weighted by molar-refractivity contribution is -0.136. The van der Waals surface area contributed by atoms with Crippen molar-refractivity contribution in [3.05, 3.63) is 20.8 Å². The third kappa shape index (κ3) is 3.02. The average Bonchev–Trinajstić information content (AvgIpc) is 2.89. The van der Waals surface area contributed by atoms with E-state index in [9.17, 15) is 14.4 Å². The predicted octanol–water partition coefficient (Wildman–Crippen LogP) is 0.110. The zero-order valence-electron chi connectivity index (χ0n) is 12.5. The summed E-state index contributed by atoms with van der Waals surface area (Å²) >= 11 is 0. The first-order chi connectivity index (χ1) is 10.5. The summed E-state index contributed by atoms with van der Waals surface area (Å²) < 4.78 is 2.50. The molecule has 120 valence electrons. The third-order valence-corrected chi connectivity index (χ3v) is 3.34. The third-order valence-electron chi connectivity index (χ3n) is 3.34. The number of nitrogens with zero attached hydrogens (tertiary/aromatic N) is 3. The van der Waals surface area contributed by atoms with Crippen LogP contribution in [0.15, 0.2) is 9.59 Å². The lowest BCUT2D eigenvalue weighted by atomic mass is 10.3. The smallest absolute Gasteiger partial charge is 0.332 e. The van der Waals surface area contributed by atoms with Crippen LogP contribution >= 0.6 is 0 Å². The molecule has 2 aromatic rings. The molecule has 0 amide bonds. The summed E-state index contributed by atoms with van der Waals surface area (Å²) in [4.78, 5) is 41.9. The second-order valence-corrected chi connectivity index (χ2v) is 5.01. The zero-order chi connectivity index (χ0) is 16.3. The molecular weight excluding hydrogens is 290 g/mol. The summed E-state index contributed by atoms with van der Waals surface area (Å²) in [6, 6.07) is 0. The lowest BCUT2D eigenvalue weighted by Crippen LogP contribution is -2.38. The average molecular weight is 309 g/mol. The van der Waals surface area contributed by atoms with Crippen LogP contribution in [0.3, 0.4) is 0 Å². The molecule has 0 bridgehead atoms. The Morgan fingerprint density at radius 2 is 2.14 bits per heavy atom. The van der Waals surface area contributed by atoms with E-state index in [4.69, 9.17) is 5.11 Å². The molecule has 22 heavy (non-hydrogen) atoms. The molecule has 9 nitrogen and oxygen atoms in total. The van der Waals surface area contributed by atoms with Crippen LogP contribution in [0.2, 0.25) is 0 Å². The molecule has 0 aliphatic heterocycles. The highest BCUT2D eigenvalue weighted by atomic mass is 16.4. The van der Waals surface area contributed by atoms with Gasteiger partial charge < -0.3 is 15.4 Å². The summed E-state index contributed by atoms with van der Waals surface area (Å²) in [6.45, 7) is 2.65. The molecular formula is C13H19N5O4. The molecule has 0 radical (unpaired) electrons. The minimum absolute atomic E-state index is 0.0717. The van der Waals surface area contributed by atoms with Gasteiger partial charge in [0.2, 0.25) is 5.95 Å². The number of carboxylic acid groups (broad SMARTS) is 1. The number of rotatable bonds is 7. The maximum Gasteiger partial charge on any atom is 0.332 e. The fourth-order valence-corrected chi connectivity index (χ4v) is 2.12. The van der Waals surface area contributed by atoms with Crippen molar-refractivity contribution < 1.29 is 9.90 Å². The standard InChI is InChI=1S/C13H19N5O4/c1-3-4-7-18-10-9(11(21)17(2)13(18)22)15-12(16-10)14-6-5-8(19)20/h3-7H2,1-2H3,(H,19,20)(H2,14,15,16). The number of carboxylic acids is 1. The van der Waals surface area contributed by atoms with E-state index in [0.29, 0.717) is 12.2 Å². The van der Waals surface area contributed by atoms with E-state index in [2.05, 4.69) is 15.3 Å². The summed E-state index contributed by atoms with van der Waals surface area (Å²) in [5, 5.41) is 11.4. The Balaban J connectivity index is 2.45. The molecule has 0 aromatic carbocycles. The highest BCUT2D eigenvalue weighted by Crippen LogP contribution is 2.10. The van der Waals surface area contributed by atoms with E-state index in [1.807, 2.05) is 6.92 Å². The highest BCUT2D eigenvalue weighted by Gasteiger charge is 2.15. The SMILES string of the molecule is CCCCn1c(=O)n(C)c(=O)c2[nH]c(NCCC(=O)O)nc21. The van der Waals surface area contributed by atoms with E-state index < -0.39 is 17.2 Å². The fourth-order valence-electron chi connectivity index (χ4n) is 2.12. The Kier molecular flexibility index (Phi) is 4.64. The van der Waals surface area contributed by atoms with Gasteiger partial charge in [-0.3, -0.25) is 18.7 Å². The van der Waals surface area contributed by atoms with E-state index in [0.717, 1.165) is 17.4 Å². The van der Waals surface area contributed by atoms with Crippen LogP contribution in [0.5, 0.6) is 0 Å². The quantitative estimate of drug-likeness (QED) is 0.667. The van der Waals surface area contributed by atoms with Crippen LogP contribution in [0.25, 0.3) is 11.2 Å². The molecule has 0 aliphatic carbocycles. The van der Waals surface area contributed by atoms with Gasteiger partial charge in [-0.05, 0) is 6.42 Å². The molecule has 3 N–H and O–H groups in total. The topological polar surface area (TPSA) is 122 Å². The van der Waals surface area contributed by atoms with Crippen molar-refractivity contribution in [3.8, 4) is 0 Å². The normalized spacial score (nSPS) is 11.0. The van der Waals surface area contributed by atoms with E-state index in [1.165, 1.54) is 11.6 Å². The number of hydrogen-bond donors (Lipinski definition) is 3. The summed E-state index contributed by atoms with van der Waals surface area (Å²) in [6.07, 6.45) is 1.63. The van der Waals surface area contributed by atoms with Crippen molar-refractivity contribution in [1.82, 2.24) is 19.1 Å². The van der Waals surface area contributed by atoms with Crippen molar-refractivity contribution in [2.24, 2.45) is 7.05 Å². The van der Waals surface area contributed by atoms with Gasteiger partial charge in [0.1, 0.15) is 0 Å². The number of aryl methyl sites for hydroxylation is 1. The number of aliphatic carboxylic acids is 1. The number of carbonyl (C=O) groups is 1. The second-order valence-electron chi connectivity index (χ2n) is 5.01. The van der Waals surface area contributed by atoms with Gasteiger partial charge in [0.15, 0.2) is 11.2 Å². The van der Waals surface area contributed by atoms with Gasteiger partial charge in [-0.2, -0.15) is 4.98 Å². The van der Waals surface area contributed by atoms with Crippen molar-refractivity contribution >= 4 is 23.1 Å². The van der Waals surface area contributed by atoms with Gasteiger partial charge in [0, 0.05) is 20.1 Å². The fraction of sp³-hybridized carbons (Fsp3) is 0.538. The van der Waals surface area contributed by atoms with E-state index >= 15 is 0 Å². The van der Waals surface area contributed by atoms with Crippen LogP contribution in [0.4, 0.5) is 5.95 Å². The molecule has 0 unspecified atom stereocenters. The van der Waals surface area contributed by atoms with Crippen molar-refractivity contribution in [1.29, 1.82) is 0 Å². The number of imidazole rings is 1. The van der Waals surface area contributed by atoms with Crippen LogP contribution in [0, 0.1) is 0 Å². The molecule has 0 saturated carbocycles. The number of aromatic amines is 1. The predicted molar refractivity (Wildman–Crippen MR) is 81.2 cm³/mol. The van der Waals surface area contributed by atoms with Crippen LogP contribution in [0.1, 0.15) is 26.2 Å². The number of anilines is 1. The monoisotopic (exact) mass is 309 g/mol. The largest absolute Gasteiger partial charge is 0.481 e. The molecule has 2 heterocycles. The maximum absolute atomic E-state index is 12.2. The van der Waals surface area contributed by atoms with Gasteiger partial charge in [0.05, 0.1) is 6.42 Å². The summed E-state index contributed by atoms with van der Waals surface area (Å²) in [5.41, 5.74) is -0.337. The lowest BCUT2D eigenvalue weighted by Gasteiger charge is -2.07. The molecule has 0 saturated heterocycles. The molecule has 0 atom stereocenters. The van der Waals surface area contributed by atoms with Crippen LogP contribution in [-0.4, -0.2) is 36.7 Å². The van der Waals surface area contributed by atoms with Gasteiger partial charge in [-0.25, -0.2) is 4.79 Å². The Bertz CT molecular complexity index is 801. The number of aromatic nitrogens is 4. The summed E-state index contributed by atoms with van der Waals surface area (Å²) in [5.74, 6) is -0.649. The highest BCUT2D eigenvalue weighted by molar-refractivity contribution is 5.73. The Hall–Kier alpha value is -2.58. The Morgan fingerprint density at radius 1 is 1.41 bits per heavy atom. The van der Waals surface area contributed by atoms with Gasteiger partial charge in [-0.15, -0.1) is 0 Å². The van der Waals surface area contributed by atoms with Gasteiger partial charge in [0.25, 0.3) is 5.56 Å². The Morgan fingerprint density at radius 3 is 2.77 bits per heavy atom. The maximum atomic E-state index is 12.2. The molecule has 2 rings (SSSR count). The van der Waals surface area contributed by atoms with E-state index in [-0.39, 0.29) is 24.4 Å². The number of H-pyrrole nitrogens is 1. The number of unbranched alkanes of at least 4 members (excludes halogenated alkanes) is 1.